The Morgan fingerprint density at radius 2 is 1.63 bits per heavy atom. The molecule has 0 saturated heterocycles. The molecule has 0 heterocycles. The Balaban J connectivity index is 2.70. The molecule has 0 saturated carbocycles. The van der Waals surface area contributed by atoms with E-state index in [4.69, 9.17) is 30.8 Å². The molecule has 1 aliphatic rings. The van der Waals surface area contributed by atoms with Crippen molar-refractivity contribution >= 4 is 17.5 Å². The molecule has 0 aromatic carbocycles. The second kappa shape index (κ2) is 11.8. The van der Waals surface area contributed by atoms with E-state index in [9.17, 15) is 14.4 Å². The molecule has 1 atom stereocenters. The van der Waals surface area contributed by atoms with Gasteiger partial charge in [-0.15, -0.1) is 0 Å². The van der Waals surface area contributed by atoms with E-state index < -0.39 is 23.0 Å². The summed E-state index contributed by atoms with van der Waals surface area (Å²) in [6.07, 6.45) is 1.50. The zero-order valence-electron chi connectivity index (χ0n) is 18.2. The lowest BCUT2D eigenvalue weighted by Gasteiger charge is -2.31. The number of esters is 1. The van der Waals surface area contributed by atoms with Crippen LogP contribution >= 0.6 is 0 Å². The highest BCUT2D eigenvalue weighted by Crippen LogP contribution is 2.39. The van der Waals surface area contributed by atoms with E-state index in [0.717, 1.165) is 0 Å². The van der Waals surface area contributed by atoms with Crippen molar-refractivity contribution in [2.75, 3.05) is 27.4 Å². The molecule has 0 radical (unpaired) electrons. The van der Waals surface area contributed by atoms with Crippen LogP contribution in [-0.2, 0) is 38.3 Å². The van der Waals surface area contributed by atoms with Crippen LogP contribution in [0.5, 0.6) is 0 Å². The normalized spacial score (nSPS) is 16.1. The van der Waals surface area contributed by atoms with Crippen molar-refractivity contribution in [3.8, 4) is 0 Å². The van der Waals surface area contributed by atoms with Gasteiger partial charge < -0.3 is 19.0 Å². The van der Waals surface area contributed by atoms with E-state index >= 15 is 0 Å². The van der Waals surface area contributed by atoms with Gasteiger partial charge in [-0.25, -0.2) is 11.8 Å². The molecule has 1 unspecified atom stereocenters. The molecule has 30 heavy (non-hydrogen) atoms. The summed E-state index contributed by atoms with van der Waals surface area (Å²) < 4.78 is 15.4. The second-order valence-corrected chi connectivity index (χ2v) is 7.59. The molecule has 1 rings (SSSR count). The standard InChI is InChI=1S/C20H32N2O8/c1-12-15(17(25)19(27-5)18(26-4)16(12)24)20(2,3)10-14(23)28-9-7-6-8-13(30-22)11-29-21/h13H,6-11,21-22H2,1-5H3. The Morgan fingerprint density at radius 1 is 1.03 bits per heavy atom. The summed E-state index contributed by atoms with van der Waals surface area (Å²) in [7, 11) is 2.59. The van der Waals surface area contributed by atoms with E-state index in [1.54, 1.807) is 13.8 Å². The maximum atomic E-state index is 12.9. The van der Waals surface area contributed by atoms with Crippen LogP contribution in [0.1, 0.15) is 46.5 Å². The lowest BCUT2D eigenvalue weighted by molar-refractivity contribution is -0.145. The molecule has 0 bridgehead atoms. The van der Waals surface area contributed by atoms with Crippen molar-refractivity contribution in [3.63, 3.8) is 0 Å². The minimum Gasteiger partial charge on any atom is -0.489 e. The van der Waals surface area contributed by atoms with Crippen molar-refractivity contribution in [1.82, 2.24) is 0 Å². The fourth-order valence-corrected chi connectivity index (χ4v) is 3.42. The molecule has 10 heteroatoms. The number of ether oxygens (including phenoxy) is 3. The minimum absolute atomic E-state index is 0.0758. The SMILES string of the molecule is COC1=C(OC)C(=O)C(C(C)(C)CC(=O)OCCCCC(CON)ON)=C(C)C1=O. The minimum atomic E-state index is -0.937. The third-order valence-corrected chi connectivity index (χ3v) is 4.89. The molecule has 10 nitrogen and oxygen atoms in total. The molecule has 0 aromatic heterocycles. The maximum absolute atomic E-state index is 12.9. The summed E-state index contributed by atoms with van der Waals surface area (Å²) in [4.78, 5) is 47.0. The van der Waals surface area contributed by atoms with Gasteiger partial charge in [0.1, 0.15) is 6.10 Å². The molecule has 4 N–H and O–H groups in total. The van der Waals surface area contributed by atoms with Crippen LogP contribution in [0, 0.1) is 5.41 Å². The van der Waals surface area contributed by atoms with Gasteiger partial charge in [0.15, 0.2) is 0 Å². The topological polar surface area (TPSA) is 149 Å². The first-order valence-corrected chi connectivity index (χ1v) is 9.60. The summed E-state index contributed by atoms with van der Waals surface area (Å²) in [5, 5.41) is 0. The van der Waals surface area contributed by atoms with Gasteiger partial charge in [-0.05, 0) is 26.2 Å². The highest BCUT2D eigenvalue weighted by molar-refractivity contribution is 6.24. The number of methoxy groups -OCH3 is 2. The summed E-state index contributed by atoms with van der Waals surface area (Å²) >= 11 is 0. The zero-order chi connectivity index (χ0) is 22.9. The predicted molar refractivity (Wildman–Crippen MR) is 106 cm³/mol. The number of carbonyl (C=O) groups excluding carboxylic acids is 3. The van der Waals surface area contributed by atoms with Gasteiger partial charge >= 0.3 is 5.97 Å². The smallest absolute Gasteiger partial charge is 0.306 e. The van der Waals surface area contributed by atoms with Crippen molar-refractivity contribution in [1.29, 1.82) is 0 Å². The monoisotopic (exact) mass is 428 g/mol. The van der Waals surface area contributed by atoms with Crippen LogP contribution in [0.2, 0.25) is 0 Å². The van der Waals surface area contributed by atoms with Crippen LogP contribution in [0.4, 0.5) is 0 Å². The van der Waals surface area contributed by atoms with Crippen LogP contribution in [-0.4, -0.2) is 51.1 Å². The molecule has 0 aromatic rings. The number of carbonyl (C=O) groups is 3. The molecule has 1 aliphatic carbocycles. The highest BCUT2D eigenvalue weighted by Gasteiger charge is 2.42. The van der Waals surface area contributed by atoms with Gasteiger partial charge in [-0.1, -0.05) is 13.8 Å². The summed E-state index contributed by atoms with van der Waals surface area (Å²) in [5.74, 6) is 8.43. The van der Waals surface area contributed by atoms with Gasteiger partial charge in [0, 0.05) is 16.6 Å². The van der Waals surface area contributed by atoms with Crippen molar-refractivity contribution < 1.29 is 38.3 Å². The Labute approximate surface area is 176 Å². The first-order valence-electron chi connectivity index (χ1n) is 9.60. The number of unbranched alkanes of at least 4 members (excludes halogenated alkanes) is 1. The Morgan fingerprint density at radius 3 is 2.17 bits per heavy atom. The van der Waals surface area contributed by atoms with Crippen LogP contribution < -0.4 is 11.8 Å². The number of hydrogen-bond donors (Lipinski definition) is 2. The predicted octanol–water partition coefficient (Wildman–Crippen LogP) is 1.24. The summed E-state index contributed by atoms with van der Waals surface area (Å²) in [6, 6.07) is 0. The molecular weight excluding hydrogens is 396 g/mol. The Kier molecular flexibility index (Phi) is 10.1. The Hall–Kier alpha value is -2.27. The number of ketones is 2. The summed E-state index contributed by atoms with van der Waals surface area (Å²) in [6.45, 7) is 5.33. The van der Waals surface area contributed by atoms with Crippen molar-refractivity contribution in [2.45, 2.75) is 52.6 Å². The molecule has 0 aliphatic heterocycles. The van der Waals surface area contributed by atoms with Crippen molar-refractivity contribution in [2.24, 2.45) is 17.2 Å². The highest BCUT2D eigenvalue weighted by atomic mass is 16.7. The van der Waals surface area contributed by atoms with Crippen LogP contribution in [0.15, 0.2) is 22.7 Å². The van der Waals surface area contributed by atoms with Gasteiger partial charge in [0.05, 0.1) is 33.9 Å². The number of Topliss-reactive ketones (excluding diaryl/α,β-unsaturated/α-hetero) is 2. The maximum Gasteiger partial charge on any atom is 0.306 e. The van der Waals surface area contributed by atoms with Crippen molar-refractivity contribution in [3.05, 3.63) is 22.7 Å². The Bertz CT molecular complexity index is 712. The third kappa shape index (κ3) is 6.36. The van der Waals surface area contributed by atoms with E-state index in [-0.39, 0.29) is 48.4 Å². The largest absolute Gasteiger partial charge is 0.489 e. The zero-order valence-corrected chi connectivity index (χ0v) is 18.2. The number of hydrogen-bond acceptors (Lipinski definition) is 10. The van der Waals surface area contributed by atoms with Crippen LogP contribution in [0.3, 0.4) is 0 Å². The number of rotatable bonds is 13. The fraction of sp³-hybridized carbons (Fsp3) is 0.650. The number of allylic oxidation sites excluding steroid dienone is 2. The van der Waals surface area contributed by atoms with E-state index in [2.05, 4.69) is 4.84 Å². The second-order valence-electron chi connectivity index (χ2n) is 7.59. The van der Waals surface area contributed by atoms with Gasteiger partial charge in [0.25, 0.3) is 0 Å². The first kappa shape index (κ1) is 25.8. The average molecular weight is 428 g/mol. The lowest BCUT2D eigenvalue weighted by atomic mass is 9.73. The molecular formula is C20H32N2O8. The molecule has 170 valence electrons. The van der Waals surface area contributed by atoms with E-state index in [1.807, 2.05) is 0 Å². The molecule has 0 fully saturated rings. The summed E-state index contributed by atoms with van der Waals surface area (Å²) in [5.41, 5.74) is -0.495. The first-order chi connectivity index (χ1) is 14.1. The van der Waals surface area contributed by atoms with Gasteiger partial charge in [-0.3, -0.25) is 19.2 Å². The third-order valence-electron chi connectivity index (χ3n) is 4.89. The van der Waals surface area contributed by atoms with Gasteiger partial charge in [-0.2, -0.15) is 0 Å². The van der Waals surface area contributed by atoms with Crippen LogP contribution in [0.25, 0.3) is 0 Å². The number of nitrogens with two attached hydrogens (primary N) is 2. The molecule has 0 spiro atoms. The lowest BCUT2D eigenvalue weighted by Crippen LogP contribution is -2.34. The molecule has 0 amide bonds. The van der Waals surface area contributed by atoms with E-state index in [1.165, 1.54) is 21.1 Å². The van der Waals surface area contributed by atoms with E-state index in [0.29, 0.717) is 19.3 Å². The van der Waals surface area contributed by atoms with Gasteiger partial charge in [0.2, 0.25) is 23.1 Å². The average Bonchev–Trinajstić information content (AvgIpc) is 2.68. The fourth-order valence-electron chi connectivity index (χ4n) is 3.42. The quantitative estimate of drug-likeness (QED) is 0.190.